The number of aromatic nitrogens is 3. The largest absolute Gasteiger partial charge is 0.465 e. The van der Waals surface area contributed by atoms with E-state index in [0.29, 0.717) is 17.0 Å². The van der Waals surface area contributed by atoms with E-state index in [0.717, 1.165) is 11.2 Å². The molecule has 0 aliphatic rings. The monoisotopic (exact) mass is 344 g/mol. The van der Waals surface area contributed by atoms with Gasteiger partial charge in [-0.1, -0.05) is 17.7 Å². The second-order valence-electron chi connectivity index (χ2n) is 5.87. The van der Waals surface area contributed by atoms with Gasteiger partial charge in [0.05, 0.1) is 12.0 Å². The van der Waals surface area contributed by atoms with Crippen LogP contribution in [0.3, 0.4) is 0 Å². The number of hydrogen-bond acceptors (Lipinski definition) is 4. The summed E-state index contributed by atoms with van der Waals surface area (Å²) in [5, 5.41) is 11.8. The summed E-state index contributed by atoms with van der Waals surface area (Å²) >= 11 is 0. The Balaban J connectivity index is 1.53. The van der Waals surface area contributed by atoms with Gasteiger partial charge in [0, 0.05) is 11.8 Å². The minimum Gasteiger partial charge on any atom is -0.465 e. The molecule has 0 saturated heterocycles. The molecule has 2 aromatic carbocycles. The molecule has 4 aromatic rings. The molecule has 0 bridgehead atoms. The molecule has 26 heavy (non-hydrogen) atoms. The summed E-state index contributed by atoms with van der Waals surface area (Å²) in [5.74, 6) is 0.378. The van der Waals surface area contributed by atoms with Crippen molar-refractivity contribution in [3.05, 3.63) is 78.3 Å². The quantitative estimate of drug-likeness (QED) is 0.569. The highest BCUT2D eigenvalue weighted by molar-refractivity contribution is 6.02. The van der Waals surface area contributed by atoms with Gasteiger partial charge >= 0.3 is 0 Å². The van der Waals surface area contributed by atoms with E-state index in [4.69, 9.17) is 4.42 Å². The Morgan fingerprint density at radius 2 is 1.88 bits per heavy atom. The fourth-order valence-electron chi connectivity index (χ4n) is 2.51. The summed E-state index contributed by atoms with van der Waals surface area (Å²) in [6.45, 7) is 2.03. The lowest BCUT2D eigenvalue weighted by molar-refractivity contribution is -0.111. The van der Waals surface area contributed by atoms with Crippen molar-refractivity contribution in [1.29, 1.82) is 0 Å². The third-order valence-corrected chi connectivity index (χ3v) is 3.85. The highest BCUT2D eigenvalue weighted by Crippen LogP contribution is 2.18. The molecule has 0 unspecified atom stereocenters. The van der Waals surface area contributed by atoms with Crippen LogP contribution < -0.4 is 5.32 Å². The van der Waals surface area contributed by atoms with E-state index in [1.165, 1.54) is 11.6 Å². The van der Waals surface area contributed by atoms with Crippen LogP contribution >= 0.6 is 0 Å². The second-order valence-corrected chi connectivity index (χ2v) is 5.87. The minimum absolute atomic E-state index is 0.244. The highest BCUT2D eigenvalue weighted by atomic mass is 16.3. The second kappa shape index (κ2) is 6.68. The summed E-state index contributed by atoms with van der Waals surface area (Å²) in [4.78, 5) is 13.6. The van der Waals surface area contributed by atoms with E-state index < -0.39 is 0 Å². The molecule has 0 spiro atoms. The van der Waals surface area contributed by atoms with Crippen molar-refractivity contribution >= 4 is 28.7 Å². The first-order chi connectivity index (χ1) is 12.7. The molecule has 6 heteroatoms. The Hall–Kier alpha value is -3.67. The number of nitrogens with zero attached hydrogens (tertiary/aromatic N) is 3. The Labute approximate surface area is 149 Å². The van der Waals surface area contributed by atoms with Crippen LogP contribution in [0.25, 0.3) is 22.8 Å². The van der Waals surface area contributed by atoms with Crippen LogP contribution in [-0.4, -0.2) is 20.9 Å². The summed E-state index contributed by atoms with van der Waals surface area (Å²) in [6.07, 6.45) is 4.59. The zero-order valence-electron chi connectivity index (χ0n) is 14.1. The van der Waals surface area contributed by atoms with Gasteiger partial charge in [-0.05, 0) is 55.5 Å². The third kappa shape index (κ3) is 3.39. The third-order valence-electron chi connectivity index (χ3n) is 3.85. The summed E-state index contributed by atoms with van der Waals surface area (Å²) in [6, 6.07) is 16.9. The highest BCUT2D eigenvalue weighted by Gasteiger charge is 2.07. The van der Waals surface area contributed by atoms with Crippen molar-refractivity contribution in [3.63, 3.8) is 0 Å². The molecule has 0 atom stereocenters. The van der Waals surface area contributed by atoms with Crippen molar-refractivity contribution in [3.8, 4) is 5.69 Å². The first kappa shape index (κ1) is 15.8. The van der Waals surface area contributed by atoms with E-state index >= 15 is 0 Å². The number of furan rings is 1. The zero-order valence-corrected chi connectivity index (χ0v) is 14.1. The maximum atomic E-state index is 12.0. The van der Waals surface area contributed by atoms with Gasteiger partial charge in [0.1, 0.15) is 16.8 Å². The van der Waals surface area contributed by atoms with E-state index in [9.17, 15) is 4.79 Å². The lowest BCUT2D eigenvalue weighted by Gasteiger charge is -2.00. The number of carbonyl (C=O) groups excluding carboxylic acids is 1. The Morgan fingerprint density at radius 1 is 1.08 bits per heavy atom. The average molecular weight is 344 g/mol. The smallest absolute Gasteiger partial charge is 0.248 e. The van der Waals surface area contributed by atoms with E-state index in [-0.39, 0.29) is 5.91 Å². The van der Waals surface area contributed by atoms with Gasteiger partial charge in [-0.3, -0.25) is 4.79 Å². The van der Waals surface area contributed by atoms with E-state index in [1.54, 1.807) is 41.4 Å². The molecule has 6 nitrogen and oxygen atoms in total. The minimum atomic E-state index is -0.244. The molecule has 128 valence electrons. The van der Waals surface area contributed by atoms with Gasteiger partial charge < -0.3 is 9.73 Å². The molecule has 2 heterocycles. The first-order valence-corrected chi connectivity index (χ1v) is 8.14. The topological polar surface area (TPSA) is 73.0 Å². The number of fused-ring (bicyclic) bond motifs is 1. The van der Waals surface area contributed by atoms with Crippen molar-refractivity contribution in [2.75, 3.05) is 5.32 Å². The van der Waals surface area contributed by atoms with Crippen LogP contribution in [0.2, 0.25) is 0 Å². The van der Waals surface area contributed by atoms with E-state index in [2.05, 4.69) is 15.5 Å². The molecule has 1 N–H and O–H groups in total. The molecule has 0 aliphatic heterocycles. The SMILES string of the molecule is Cc1ccc(-n2nc3ccc(NC(=O)/C=C/c4ccco4)cc3n2)cc1. The molecular weight excluding hydrogens is 328 g/mol. The molecule has 2 aromatic heterocycles. The van der Waals surface area contributed by atoms with Crippen molar-refractivity contribution < 1.29 is 9.21 Å². The van der Waals surface area contributed by atoms with Gasteiger partial charge in [0.25, 0.3) is 0 Å². The number of amides is 1. The Morgan fingerprint density at radius 3 is 2.65 bits per heavy atom. The number of hydrogen-bond donors (Lipinski definition) is 1. The van der Waals surface area contributed by atoms with Gasteiger partial charge in [0.15, 0.2) is 0 Å². The number of anilines is 1. The molecular formula is C20H16N4O2. The van der Waals surface area contributed by atoms with Gasteiger partial charge in [-0.2, -0.15) is 4.80 Å². The van der Waals surface area contributed by atoms with Crippen LogP contribution in [0.5, 0.6) is 0 Å². The lowest BCUT2D eigenvalue weighted by Crippen LogP contribution is -2.07. The van der Waals surface area contributed by atoms with E-state index in [1.807, 2.05) is 37.3 Å². The molecule has 0 aliphatic carbocycles. The fraction of sp³-hybridized carbons (Fsp3) is 0.0500. The predicted octanol–water partition coefficient (Wildman–Crippen LogP) is 3.97. The Kier molecular flexibility index (Phi) is 4.07. The van der Waals surface area contributed by atoms with Gasteiger partial charge in [-0.25, -0.2) is 0 Å². The summed E-state index contributed by atoms with van der Waals surface area (Å²) in [5.41, 5.74) is 4.19. The lowest BCUT2D eigenvalue weighted by atomic mass is 10.2. The first-order valence-electron chi connectivity index (χ1n) is 8.14. The fourth-order valence-corrected chi connectivity index (χ4v) is 2.51. The maximum Gasteiger partial charge on any atom is 0.248 e. The Bertz CT molecular complexity index is 1080. The number of carbonyl (C=O) groups is 1. The van der Waals surface area contributed by atoms with Crippen molar-refractivity contribution in [2.24, 2.45) is 0 Å². The average Bonchev–Trinajstić information content (AvgIpc) is 3.30. The van der Waals surface area contributed by atoms with Crippen molar-refractivity contribution in [2.45, 2.75) is 6.92 Å². The summed E-state index contributed by atoms with van der Waals surface area (Å²) in [7, 11) is 0. The molecule has 0 radical (unpaired) electrons. The molecule has 4 rings (SSSR count). The number of rotatable bonds is 4. The maximum absolute atomic E-state index is 12.0. The standard InChI is InChI=1S/C20H16N4O2/c1-14-4-7-16(8-5-14)24-22-18-10-6-15(13-19(18)23-24)21-20(25)11-9-17-3-2-12-26-17/h2-13H,1H3,(H,21,25)/b11-9+. The summed E-state index contributed by atoms with van der Waals surface area (Å²) < 4.78 is 5.16. The number of benzene rings is 2. The molecule has 1 amide bonds. The predicted molar refractivity (Wildman–Crippen MR) is 100.0 cm³/mol. The van der Waals surface area contributed by atoms with Crippen LogP contribution in [0.15, 0.2) is 71.4 Å². The zero-order chi connectivity index (χ0) is 17.9. The number of aryl methyl sites for hydroxylation is 1. The molecule has 0 saturated carbocycles. The van der Waals surface area contributed by atoms with Crippen LogP contribution in [0, 0.1) is 6.92 Å². The van der Waals surface area contributed by atoms with Crippen molar-refractivity contribution in [1.82, 2.24) is 15.0 Å². The van der Waals surface area contributed by atoms with Crippen LogP contribution in [0.1, 0.15) is 11.3 Å². The van der Waals surface area contributed by atoms with Crippen LogP contribution in [-0.2, 0) is 4.79 Å². The number of nitrogens with one attached hydrogen (secondary N) is 1. The molecule has 0 fully saturated rings. The van der Waals surface area contributed by atoms with Crippen LogP contribution in [0.4, 0.5) is 5.69 Å². The van der Waals surface area contributed by atoms with Gasteiger partial charge in [-0.15, -0.1) is 10.2 Å². The normalized spacial score (nSPS) is 11.3. The van der Waals surface area contributed by atoms with Gasteiger partial charge in [0.2, 0.25) is 5.91 Å².